The standard InChI is InChI=1S/C27H26N8O3/c1-17-15-33-4-5-34(16-24(33)31-17)26(36)19-10-20-21(13-29-25(20)28-12-19)18-2-3-35-23(11-18)22(14-30-35)27(37)32-6-8-38-9-7-32/h2-3,10-15H,4-9,16H2,1H3,(H,28,29). The highest BCUT2D eigenvalue weighted by Crippen LogP contribution is 2.30. The van der Waals surface area contributed by atoms with Crippen LogP contribution in [0.1, 0.15) is 32.2 Å². The average Bonchev–Trinajstić information content (AvgIpc) is 3.67. The van der Waals surface area contributed by atoms with E-state index in [-0.39, 0.29) is 11.8 Å². The molecular weight excluding hydrogens is 484 g/mol. The first-order valence-corrected chi connectivity index (χ1v) is 12.7. The monoisotopic (exact) mass is 510 g/mol. The maximum Gasteiger partial charge on any atom is 0.257 e. The number of nitrogens with one attached hydrogen (secondary N) is 1. The lowest BCUT2D eigenvalue weighted by molar-refractivity contribution is 0.0304. The van der Waals surface area contributed by atoms with Gasteiger partial charge in [0.25, 0.3) is 11.8 Å². The number of aryl methyl sites for hydroxylation is 1. The van der Waals surface area contributed by atoms with Gasteiger partial charge in [0.2, 0.25) is 0 Å². The normalized spacial score (nSPS) is 15.8. The number of ether oxygens (including phenoxy) is 1. The van der Waals surface area contributed by atoms with Gasteiger partial charge in [0.1, 0.15) is 11.5 Å². The Labute approximate surface area is 217 Å². The molecule has 1 saturated heterocycles. The molecule has 0 saturated carbocycles. The first-order chi connectivity index (χ1) is 18.5. The van der Waals surface area contributed by atoms with E-state index in [1.165, 1.54) is 0 Å². The summed E-state index contributed by atoms with van der Waals surface area (Å²) < 4.78 is 9.21. The fraction of sp³-hybridized carbons (Fsp3) is 0.296. The van der Waals surface area contributed by atoms with Crippen LogP contribution in [-0.4, -0.2) is 83.6 Å². The van der Waals surface area contributed by atoms with Crippen LogP contribution in [0.4, 0.5) is 0 Å². The second-order valence-corrected chi connectivity index (χ2v) is 9.75. The summed E-state index contributed by atoms with van der Waals surface area (Å²) in [7, 11) is 0. The molecule has 1 N–H and O–H groups in total. The molecule has 0 aromatic carbocycles. The van der Waals surface area contributed by atoms with E-state index in [0.29, 0.717) is 56.2 Å². The Morgan fingerprint density at radius 1 is 1.03 bits per heavy atom. The summed E-state index contributed by atoms with van der Waals surface area (Å²) in [5.41, 5.74) is 5.28. The highest BCUT2D eigenvalue weighted by Gasteiger charge is 2.25. The van der Waals surface area contributed by atoms with Gasteiger partial charge in [0, 0.05) is 61.9 Å². The van der Waals surface area contributed by atoms with Crippen LogP contribution in [0.5, 0.6) is 0 Å². The average molecular weight is 511 g/mol. The van der Waals surface area contributed by atoms with Crippen molar-refractivity contribution in [3.63, 3.8) is 0 Å². The van der Waals surface area contributed by atoms with Crippen molar-refractivity contribution in [1.82, 2.24) is 38.9 Å². The van der Waals surface area contributed by atoms with E-state index in [4.69, 9.17) is 4.74 Å². The molecule has 7 heterocycles. The number of rotatable bonds is 3. The van der Waals surface area contributed by atoms with Gasteiger partial charge in [0.15, 0.2) is 0 Å². The van der Waals surface area contributed by atoms with Crippen molar-refractivity contribution in [3.05, 3.63) is 71.8 Å². The van der Waals surface area contributed by atoms with Gasteiger partial charge >= 0.3 is 0 Å². The molecule has 0 radical (unpaired) electrons. The number of nitrogens with zero attached hydrogens (tertiary/aromatic N) is 7. The molecule has 1 fully saturated rings. The maximum atomic E-state index is 13.4. The fourth-order valence-corrected chi connectivity index (χ4v) is 5.36. The second-order valence-electron chi connectivity index (χ2n) is 9.75. The molecule has 0 atom stereocenters. The minimum absolute atomic E-state index is 0.0497. The Morgan fingerprint density at radius 3 is 2.76 bits per heavy atom. The van der Waals surface area contributed by atoms with E-state index < -0.39 is 0 Å². The molecule has 38 heavy (non-hydrogen) atoms. The Hall–Kier alpha value is -4.51. The van der Waals surface area contributed by atoms with Crippen molar-refractivity contribution >= 4 is 28.4 Å². The number of imidazole rings is 1. The largest absolute Gasteiger partial charge is 0.378 e. The summed E-state index contributed by atoms with van der Waals surface area (Å²) in [6, 6.07) is 5.81. The van der Waals surface area contributed by atoms with E-state index in [1.54, 1.807) is 21.8 Å². The summed E-state index contributed by atoms with van der Waals surface area (Å²) >= 11 is 0. The topological polar surface area (TPSA) is 114 Å². The van der Waals surface area contributed by atoms with Crippen molar-refractivity contribution < 1.29 is 14.3 Å². The maximum absolute atomic E-state index is 13.4. The molecule has 0 bridgehead atoms. The Balaban J connectivity index is 1.22. The van der Waals surface area contributed by atoms with Crippen molar-refractivity contribution in [2.45, 2.75) is 20.0 Å². The molecule has 2 aliphatic rings. The minimum atomic E-state index is -0.0666. The van der Waals surface area contributed by atoms with E-state index in [2.05, 4.69) is 24.6 Å². The van der Waals surface area contributed by atoms with E-state index in [9.17, 15) is 9.59 Å². The van der Waals surface area contributed by atoms with E-state index in [0.717, 1.165) is 40.1 Å². The zero-order valence-electron chi connectivity index (χ0n) is 20.9. The van der Waals surface area contributed by atoms with E-state index >= 15 is 0 Å². The summed E-state index contributed by atoms with van der Waals surface area (Å²) in [6.45, 7) is 6.01. The second kappa shape index (κ2) is 8.80. The number of carbonyl (C=O) groups is 2. The van der Waals surface area contributed by atoms with Crippen LogP contribution < -0.4 is 0 Å². The van der Waals surface area contributed by atoms with Gasteiger partial charge in [-0.1, -0.05) is 0 Å². The van der Waals surface area contributed by atoms with Gasteiger partial charge in [-0.05, 0) is 30.7 Å². The number of H-pyrrole nitrogens is 1. The molecule has 5 aromatic rings. The number of fused-ring (bicyclic) bond motifs is 3. The molecule has 192 valence electrons. The minimum Gasteiger partial charge on any atom is -0.378 e. The third-order valence-corrected chi connectivity index (χ3v) is 7.35. The molecule has 0 unspecified atom stereocenters. The third kappa shape index (κ3) is 3.74. The van der Waals surface area contributed by atoms with Crippen LogP contribution in [-0.2, 0) is 17.8 Å². The molecule has 11 nitrogen and oxygen atoms in total. The van der Waals surface area contributed by atoms with Gasteiger partial charge in [-0.15, -0.1) is 0 Å². The Bertz CT molecular complexity index is 1710. The van der Waals surface area contributed by atoms with Gasteiger partial charge in [-0.3, -0.25) is 9.59 Å². The zero-order chi connectivity index (χ0) is 25.8. The SMILES string of the molecule is Cc1cn2c(n1)CN(C(=O)c1cnc3[nH]cc(-c4ccn5ncc(C(=O)N6CCOCC6)c5c4)c3c1)CC2. The van der Waals surface area contributed by atoms with Gasteiger partial charge in [-0.25, -0.2) is 14.5 Å². The predicted octanol–water partition coefficient (Wildman–Crippen LogP) is 2.51. The van der Waals surface area contributed by atoms with Crippen molar-refractivity contribution in [2.24, 2.45) is 0 Å². The van der Waals surface area contributed by atoms with Gasteiger partial charge in [-0.2, -0.15) is 5.10 Å². The fourth-order valence-electron chi connectivity index (χ4n) is 5.36. The number of aromatic nitrogens is 6. The Morgan fingerprint density at radius 2 is 1.89 bits per heavy atom. The molecular formula is C27H26N8O3. The van der Waals surface area contributed by atoms with Gasteiger partial charge in [0.05, 0.1) is 48.3 Å². The Kier molecular flexibility index (Phi) is 5.25. The number of pyridine rings is 2. The van der Waals surface area contributed by atoms with Gasteiger partial charge < -0.3 is 24.1 Å². The molecule has 2 amide bonds. The van der Waals surface area contributed by atoms with Crippen LogP contribution >= 0.6 is 0 Å². The number of amides is 2. The van der Waals surface area contributed by atoms with Crippen molar-refractivity contribution in [1.29, 1.82) is 0 Å². The van der Waals surface area contributed by atoms with Crippen molar-refractivity contribution in [3.8, 4) is 11.1 Å². The van der Waals surface area contributed by atoms with Crippen LogP contribution in [0.3, 0.4) is 0 Å². The predicted molar refractivity (Wildman–Crippen MR) is 139 cm³/mol. The van der Waals surface area contributed by atoms with E-state index in [1.807, 2.05) is 48.6 Å². The molecule has 2 aliphatic heterocycles. The first-order valence-electron chi connectivity index (χ1n) is 12.7. The third-order valence-electron chi connectivity index (χ3n) is 7.35. The van der Waals surface area contributed by atoms with Crippen LogP contribution in [0.15, 0.2) is 49.2 Å². The lowest BCUT2D eigenvalue weighted by Crippen LogP contribution is -2.40. The van der Waals surface area contributed by atoms with Crippen molar-refractivity contribution in [2.75, 3.05) is 32.8 Å². The lowest BCUT2D eigenvalue weighted by atomic mass is 10.0. The smallest absolute Gasteiger partial charge is 0.257 e. The number of carbonyl (C=O) groups excluding carboxylic acids is 2. The summed E-state index contributed by atoms with van der Waals surface area (Å²) in [5, 5.41) is 5.23. The molecule has 11 heteroatoms. The van der Waals surface area contributed by atoms with Crippen LogP contribution in [0.2, 0.25) is 0 Å². The van der Waals surface area contributed by atoms with Crippen LogP contribution in [0.25, 0.3) is 27.7 Å². The quantitative estimate of drug-likeness (QED) is 0.399. The summed E-state index contributed by atoms with van der Waals surface area (Å²) in [5.74, 6) is 0.782. The molecule has 7 rings (SSSR count). The lowest BCUT2D eigenvalue weighted by Gasteiger charge is -2.27. The first kappa shape index (κ1) is 22.7. The number of morpholine rings is 1. The summed E-state index contributed by atoms with van der Waals surface area (Å²) in [4.78, 5) is 42.5. The highest BCUT2D eigenvalue weighted by molar-refractivity contribution is 6.03. The zero-order valence-corrected chi connectivity index (χ0v) is 20.9. The number of hydrogen-bond donors (Lipinski definition) is 1. The number of hydrogen-bond acceptors (Lipinski definition) is 6. The summed E-state index contributed by atoms with van der Waals surface area (Å²) in [6.07, 6.45) is 9.00. The number of aromatic amines is 1. The molecule has 5 aromatic heterocycles. The highest BCUT2D eigenvalue weighted by atomic mass is 16.5. The van der Waals surface area contributed by atoms with Crippen LogP contribution in [0, 0.1) is 6.92 Å². The molecule has 0 aliphatic carbocycles. The molecule has 0 spiro atoms.